The molecule has 0 saturated carbocycles. The monoisotopic (exact) mass is 288 g/mol. The Morgan fingerprint density at radius 1 is 1.33 bits per heavy atom. The second kappa shape index (κ2) is 6.10. The molecule has 0 radical (unpaired) electrons. The Morgan fingerprint density at radius 3 is 2.57 bits per heavy atom. The van der Waals surface area contributed by atoms with Crippen LogP contribution in [0.5, 0.6) is 0 Å². The number of aliphatic hydroxyl groups is 1. The molecule has 0 spiro atoms. The Labute approximate surface area is 124 Å². The van der Waals surface area contributed by atoms with E-state index in [1.807, 2.05) is 30.3 Å². The molecule has 1 aromatic heterocycles. The van der Waals surface area contributed by atoms with Gasteiger partial charge in [-0.2, -0.15) is 0 Å². The summed E-state index contributed by atoms with van der Waals surface area (Å²) >= 11 is 0. The number of carbonyl (C=O) groups is 1. The Balaban J connectivity index is 2.50. The highest BCUT2D eigenvalue weighted by molar-refractivity contribution is 5.94. The zero-order valence-electron chi connectivity index (χ0n) is 12.5. The summed E-state index contributed by atoms with van der Waals surface area (Å²) in [5, 5.41) is 10.0. The summed E-state index contributed by atoms with van der Waals surface area (Å²) in [7, 11) is 0. The molecule has 0 aliphatic rings. The topological polar surface area (TPSA) is 64.3 Å². The predicted molar refractivity (Wildman–Crippen MR) is 79.9 cm³/mol. The molecule has 0 saturated heterocycles. The molecule has 1 N–H and O–H groups in total. The second-order valence-corrected chi connectivity index (χ2v) is 5.47. The van der Waals surface area contributed by atoms with Gasteiger partial charge in [0.1, 0.15) is 0 Å². The van der Waals surface area contributed by atoms with Gasteiger partial charge in [0.15, 0.2) is 5.69 Å². The van der Waals surface area contributed by atoms with E-state index in [1.165, 1.54) is 0 Å². The molecule has 2 rings (SSSR count). The fourth-order valence-corrected chi connectivity index (χ4v) is 2.17. The van der Waals surface area contributed by atoms with Gasteiger partial charge in [0.05, 0.1) is 30.8 Å². The lowest BCUT2D eigenvalue weighted by atomic mass is 10.1. The van der Waals surface area contributed by atoms with Crippen molar-refractivity contribution in [3.63, 3.8) is 0 Å². The van der Waals surface area contributed by atoms with Gasteiger partial charge in [-0.05, 0) is 20.8 Å². The van der Waals surface area contributed by atoms with Gasteiger partial charge in [-0.1, -0.05) is 30.3 Å². The number of benzene rings is 1. The number of nitrogens with zero attached hydrogens (tertiary/aromatic N) is 2. The average Bonchev–Trinajstić information content (AvgIpc) is 2.81. The van der Waals surface area contributed by atoms with Crippen molar-refractivity contribution in [2.75, 3.05) is 6.61 Å². The molecule has 0 amide bonds. The third-order valence-electron chi connectivity index (χ3n) is 2.91. The highest BCUT2D eigenvalue weighted by Crippen LogP contribution is 2.25. The largest absolute Gasteiger partial charge is 0.461 e. The highest BCUT2D eigenvalue weighted by atomic mass is 16.5. The number of esters is 1. The van der Waals surface area contributed by atoms with Gasteiger partial charge in [-0.3, -0.25) is 0 Å². The van der Waals surface area contributed by atoms with E-state index in [2.05, 4.69) is 4.98 Å². The average molecular weight is 288 g/mol. The van der Waals surface area contributed by atoms with Gasteiger partial charge < -0.3 is 14.4 Å². The van der Waals surface area contributed by atoms with Crippen LogP contribution in [0.25, 0.3) is 11.3 Å². The summed E-state index contributed by atoms with van der Waals surface area (Å²) in [5.74, 6) is -0.453. The van der Waals surface area contributed by atoms with Gasteiger partial charge in [0, 0.05) is 5.56 Å². The van der Waals surface area contributed by atoms with Crippen molar-refractivity contribution in [2.24, 2.45) is 0 Å². The van der Waals surface area contributed by atoms with E-state index < -0.39 is 11.6 Å². The van der Waals surface area contributed by atoms with Crippen molar-refractivity contribution in [2.45, 2.75) is 32.9 Å². The first-order valence-electron chi connectivity index (χ1n) is 6.92. The maximum absolute atomic E-state index is 12.1. The maximum Gasteiger partial charge on any atom is 0.359 e. The summed E-state index contributed by atoms with van der Waals surface area (Å²) in [5.41, 5.74) is 0.890. The second-order valence-electron chi connectivity index (χ2n) is 5.47. The van der Waals surface area contributed by atoms with Crippen LogP contribution in [0.3, 0.4) is 0 Å². The zero-order chi connectivity index (χ0) is 15.5. The molecule has 112 valence electrons. The van der Waals surface area contributed by atoms with Crippen LogP contribution >= 0.6 is 0 Å². The van der Waals surface area contributed by atoms with Crippen LogP contribution < -0.4 is 0 Å². The molecule has 1 heterocycles. The normalized spacial score (nSPS) is 11.4. The molecule has 2 aromatic rings. The lowest BCUT2D eigenvalue weighted by Gasteiger charge is -2.19. The zero-order valence-corrected chi connectivity index (χ0v) is 12.5. The highest BCUT2D eigenvalue weighted by Gasteiger charge is 2.23. The summed E-state index contributed by atoms with van der Waals surface area (Å²) in [6, 6.07) is 9.50. The van der Waals surface area contributed by atoms with E-state index in [0.29, 0.717) is 18.8 Å². The lowest BCUT2D eigenvalue weighted by molar-refractivity contribution is 0.0517. The van der Waals surface area contributed by atoms with Crippen molar-refractivity contribution < 1.29 is 14.6 Å². The summed E-state index contributed by atoms with van der Waals surface area (Å²) in [4.78, 5) is 16.2. The van der Waals surface area contributed by atoms with Crippen molar-refractivity contribution in [3.05, 3.63) is 42.4 Å². The molecular weight excluding hydrogens is 268 g/mol. The van der Waals surface area contributed by atoms with Crippen LogP contribution in [0.1, 0.15) is 31.3 Å². The fourth-order valence-electron chi connectivity index (χ4n) is 2.17. The Morgan fingerprint density at radius 2 is 2.00 bits per heavy atom. The molecule has 5 heteroatoms. The van der Waals surface area contributed by atoms with Crippen LogP contribution in [-0.4, -0.2) is 32.8 Å². The number of ether oxygens (including phenoxy) is 1. The van der Waals surface area contributed by atoms with E-state index in [4.69, 9.17) is 4.74 Å². The molecule has 0 atom stereocenters. The molecule has 0 unspecified atom stereocenters. The van der Waals surface area contributed by atoms with Gasteiger partial charge in [-0.25, -0.2) is 9.78 Å². The predicted octanol–water partition coefficient (Wildman–Crippen LogP) is 2.50. The fraction of sp³-hybridized carbons (Fsp3) is 0.375. The van der Waals surface area contributed by atoms with Gasteiger partial charge in [0.25, 0.3) is 0 Å². The third-order valence-corrected chi connectivity index (χ3v) is 2.91. The molecule has 1 aromatic carbocycles. The SMILES string of the molecule is CCOC(=O)c1ncn(CC(C)(C)O)c1-c1ccccc1. The number of hydrogen-bond acceptors (Lipinski definition) is 4. The summed E-state index contributed by atoms with van der Waals surface area (Å²) in [6.45, 7) is 5.82. The number of carbonyl (C=O) groups excluding carboxylic acids is 1. The number of hydrogen-bond donors (Lipinski definition) is 1. The summed E-state index contributed by atoms with van der Waals surface area (Å²) in [6.07, 6.45) is 1.56. The van der Waals surface area contributed by atoms with E-state index in [0.717, 1.165) is 5.56 Å². The smallest absolute Gasteiger partial charge is 0.359 e. The molecule has 5 nitrogen and oxygen atoms in total. The third kappa shape index (κ3) is 3.70. The number of aromatic nitrogens is 2. The molecule has 0 fully saturated rings. The molecule has 0 bridgehead atoms. The minimum Gasteiger partial charge on any atom is -0.461 e. The van der Waals surface area contributed by atoms with E-state index in [9.17, 15) is 9.90 Å². The van der Waals surface area contributed by atoms with Crippen LogP contribution in [0.15, 0.2) is 36.7 Å². The van der Waals surface area contributed by atoms with Crippen molar-refractivity contribution in [1.29, 1.82) is 0 Å². The minimum absolute atomic E-state index is 0.271. The maximum atomic E-state index is 12.1. The first-order valence-corrected chi connectivity index (χ1v) is 6.92. The molecular formula is C16H20N2O3. The van der Waals surface area contributed by atoms with Crippen molar-refractivity contribution in [3.8, 4) is 11.3 Å². The first-order chi connectivity index (χ1) is 9.92. The Hall–Kier alpha value is -2.14. The van der Waals surface area contributed by atoms with Crippen molar-refractivity contribution >= 4 is 5.97 Å². The minimum atomic E-state index is -0.907. The van der Waals surface area contributed by atoms with Gasteiger partial charge in [0.2, 0.25) is 0 Å². The van der Waals surface area contributed by atoms with E-state index in [1.54, 1.807) is 31.7 Å². The van der Waals surface area contributed by atoms with Gasteiger partial charge >= 0.3 is 5.97 Å². The number of rotatable bonds is 5. The quantitative estimate of drug-likeness (QED) is 0.859. The van der Waals surface area contributed by atoms with Gasteiger partial charge in [-0.15, -0.1) is 0 Å². The van der Waals surface area contributed by atoms with E-state index in [-0.39, 0.29) is 5.69 Å². The van der Waals surface area contributed by atoms with Crippen molar-refractivity contribution in [1.82, 2.24) is 9.55 Å². The lowest BCUT2D eigenvalue weighted by Crippen LogP contribution is -2.26. The number of imidazole rings is 1. The van der Waals surface area contributed by atoms with Crippen LogP contribution in [0.2, 0.25) is 0 Å². The van der Waals surface area contributed by atoms with Crippen LogP contribution in [0, 0.1) is 0 Å². The standard InChI is InChI=1S/C16H20N2O3/c1-4-21-15(19)13-14(12-8-6-5-7-9-12)18(11-17-13)10-16(2,3)20/h5-9,11,20H,4,10H2,1-3H3. The Bertz CT molecular complexity index is 612. The van der Waals surface area contributed by atoms with Crippen LogP contribution in [-0.2, 0) is 11.3 Å². The molecule has 21 heavy (non-hydrogen) atoms. The summed E-state index contributed by atoms with van der Waals surface area (Å²) < 4.78 is 6.84. The molecule has 0 aliphatic heterocycles. The van der Waals surface area contributed by atoms with Crippen LogP contribution in [0.4, 0.5) is 0 Å². The first kappa shape index (κ1) is 15.3. The molecule has 0 aliphatic carbocycles. The Kier molecular flexibility index (Phi) is 4.43. The van der Waals surface area contributed by atoms with E-state index >= 15 is 0 Å².